The predicted octanol–water partition coefficient (Wildman–Crippen LogP) is 0.0761. The fourth-order valence-electron chi connectivity index (χ4n) is 1.41. The minimum atomic E-state index is -2.91. The van der Waals surface area contributed by atoms with Gasteiger partial charge >= 0.3 is 5.97 Å². The molecule has 2 heterocycles. The summed E-state index contributed by atoms with van der Waals surface area (Å²) in [5.41, 5.74) is 0.00781. The van der Waals surface area contributed by atoms with Crippen molar-refractivity contribution in [3.8, 4) is 0 Å². The average Bonchev–Trinajstić information content (AvgIpc) is 2.66. The molecule has 0 aliphatic carbocycles. The van der Waals surface area contributed by atoms with Gasteiger partial charge in [0.25, 0.3) is 0 Å². The van der Waals surface area contributed by atoms with E-state index in [0.717, 1.165) is 0 Å². The van der Waals surface area contributed by atoms with Crippen LogP contribution in [0.2, 0.25) is 0 Å². The first kappa shape index (κ1) is 11.3. The third-order valence-electron chi connectivity index (χ3n) is 2.33. The van der Waals surface area contributed by atoms with Crippen molar-refractivity contribution in [2.75, 3.05) is 29.5 Å². The van der Waals surface area contributed by atoms with E-state index >= 15 is 0 Å². The van der Waals surface area contributed by atoms with E-state index in [2.05, 4.69) is 4.98 Å². The van der Waals surface area contributed by atoms with Crippen molar-refractivity contribution in [3.63, 3.8) is 0 Å². The van der Waals surface area contributed by atoms with Crippen LogP contribution < -0.4 is 4.90 Å². The van der Waals surface area contributed by atoms with Gasteiger partial charge in [-0.05, 0) is 0 Å². The minimum absolute atomic E-state index is 0.00781. The lowest BCUT2D eigenvalue weighted by atomic mass is 10.5. The largest absolute Gasteiger partial charge is 0.476 e. The normalized spacial score (nSPS) is 19.6. The van der Waals surface area contributed by atoms with Gasteiger partial charge in [-0.15, -0.1) is 11.3 Å². The molecule has 0 amide bonds. The van der Waals surface area contributed by atoms with E-state index in [4.69, 9.17) is 5.11 Å². The molecular formula is C8H10N2O4S2. The molecule has 0 unspecified atom stereocenters. The smallest absolute Gasteiger partial charge is 0.355 e. The Hall–Kier alpha value is -1.15. The zero-order valence-corrected chi connectivity index (χ0v) is 9.92. The zero-order chi connectivity index (χ0) is 11.8. The van der Waals surface area contributed by atoms with Gasteiger partial charge in [-0.25, -0.2) is 18.2 Å². The Morgan fingerprint density at radius 3 is 2.56 bits per heavy atom. The number of carboxylic acids is 1. The van der Waals surface area contributed by atoms with Gasteiger partial charge in [0.05, 0.1) is 11.5 Å². The van der Waals surface area contributed by atoms with Crippen molar-refractivity contribution in [1.82, 2.24) is 4.98 Å². The molecule has 8 heteroatoms. The first-order chi connectivity index (χ1) is 7.48. The summed E-state index contributed by atoms with van der Waals surface area (Å²) in [7, 11) is -2.91. The summed E-state index contributed by atoms with van der Waals surface area (Å²) in [6.07, 6.45) is 0. The number of aromatic carboxylic acids is 1. The number of hydrogen-bond acceptors (Lipinski definition) is 6. The molecule has 1 saturated heterocycles. The Labute approximate surface area is 96.5 Å². The molecule has 16 heavy (non-hydrogen) atoms. The van der Waals surface area contributed by atoms with E-state index in [1.165, 1.54) is 16.7 Å². The molecule has 1 fully saturated rings. The monoisotopic (exact) mass is 262 g/mol. The lowest BCUT2D eigenvalue weighted by molar-refractivity contribution is 0.0691. The molecule has 0 radical (unpaired) electrons. The van der Waals surface area contributed by atoms with Crippen LogP contribution in [0.4, 0.5) is 5.13 Å². The van der Waals surface area contributed by atoms with E-state index in [9.17, 15) is 13.2 Å². The second-order valence-corrected chi connectivity index (χ2v) is 6.60. The van der Waals surface area contributed by atoms with Gasteiger partial charge in [-0.2, -0.15) is 0 Å². The van der Waals surface area contributed by atoms with E-state index in [0.29, 0.717) is 18.2 Å². The molecule has 0 saturated carbocycles. The van der Waals surface area contributed by atoms with E-state index in [-0.39, 0.29) is 17.2 Å². The Morgan fingerprint density at radius 2 is 2.06 bits per heavy atom. The fourth-order valence-corrected chi connectivity index (χ4v) is 3.47. The van der Waals surface area contributed by atoms with Crippen molar-refractivity contribution in [2.45, 2.75) is 0 Å². The van der Waals surface area contributed by atoms with Crippen LogP contribution in [0, 0.1) is 0 Å². The van der Waals surface area contributed by atoms with E-state index in [1.54, 1.807) is 4.90 Å². The molecule has 1 aliphatic rings. The Bertz CT molecular complexity index is 494. The molecule has 0 aromatic carbocycles. The summed E-state index contributed by atoms with van der Waals surface area (Å²) in [5, 5.41) is 10.7. The number of hydrogen-bond donors (Lipinski definition) is 1. The second kappa shape index (κ2) is 4.02. The number of carbonyl (C=O) groups is 1. The standard InChI is InChI=1S/C8H10N2O4S2/c11-7(12)6-5-15-8(9-6)10-1-3-16(13,14)4-2-10/h5H,1-4H2,(H,11,12). The van der Waals surface area contributed by atoms with Gasteiger partial charge in [0.15, 0.2) is 20.7 Å². The average molecular weight is 262 g/mol. The summed E-state index contributed by atoms with van der Waals surface area (Å²) >= 11 is 1.22. The van der Waals surface area contributed by atoms with E-state index < -0.39 is 15.8 Å². The maximum absolute atomic E-state index is 11.2. The molecule has 6 nitrogen and oxygen atoms in total. The van der Waals surface area contributed by atoms with Gasteiger partial charge < -0.3 is 10.0 Å². The summed E-state index contributed by atoms with van der Waals surface area (Å²) in [6.45, 7) is 0.768. The molecule has 1 aromatic heterocycles. The van der Waals surface area contributed by atoms with Crippen molar-refractivity contribution in [3.05, 3.63) is 11.1 Å². The van der Waals surface area contributed by atoms with E-state index in [1.807, 2.05) is 0 Å². The molecule has 88 valence electrons. The molecule has 1 aromatic rings. The van der Waals surface area contributed by atoms with Crippen LogP contribution in [-0.2, 0) is 9.84 Å². The van der Waals surface area contributed by atoms with Gasteiger partial charge in [0.1, 0.15) is 0 Å². The van der Waals surface area contributed by atoms with Crippen LogP contribution in [0.25, 0.3) is 0 Å². The molecule has 0 bridgehead atoms. The number of sulfone groups is 1. The Morgan fingerprint density at radius 1 is 1.44 bits per heavy atom. The molecule has 0 atom stereocenters. The van der Waals surface area contributed by atoms with Crippen molar-refractivity contribution in [2.24, 2.45) is 0 Å². The number of aromatic nitrogens is 1. The van der Waals surface area contributed by atoms with Crippen LogP contribution >= 0.6 is 11.3 Å². The third kappa shape index (κ3) is 2.33. The topological polar surface area (TPSA) is 87.6 Å². The van der Waals surface area contributed by atoms with Crippen molar-refractivity contribution >= 4 is 32.3 Å². The van der Waals surface area contributed by atoms with Crippen LogP contribution in [0.3, 0.4) is 0 Å². The highest BCUT2D eigenvalue weighted by Gasteiger charge is 2.24. The molecule has 1 N–H and O–H groups in total. The van der Waals surface area contributed by atoms with Gasteiger partial charge in [0, 0.05) is 18.5 Å². The SMILES string of the molecule is O=C(O)c1csc(N2CCS(=O)(=O)CC2)n1. The number of rotatable bonds is 2. The van der Waals surface area contributed by atoms with Gasteiger partial charge in [0.2, 0.25) is 0 Å². The maximum atomic E-state index is 11.2. The first-order valence-corrected chi connectivity index (χ1v) is 7.32. The molecule has 1 aliphatic heterocycles. The van der Waals surface area contributed by atoms with Crippen LogP contribution in [0.15, 0.2) is 5.38 Å². The number of nitrogens with zero attached hydrogens (tertiary/aromatic N) is 2. The summed E-state index contributed by atoms with van der Waals surface area (Å²) in [4.78, 5) is 16.4. The van der Waals surface area contributed by atoms with Gasteiger partial charge in [-0.1, -0.05) is 0 Å². The molecule has 2 rings (SSSR count). The second-order valence-electron chi connectivity index (χ2n) is 3.46. The number of anilines is 1. The van der Waals surface area contributed by atoms with Gasteiger partial charge in [-0.3, -0.25) is 0 Å². The minimum Gasteiger partial charge on any atom is -0.476 e. The lowest BCUT2D eigenvalue weighted by Crippen LogP contribution is -2.40. The van der Waals surface area contributed by atoms with Crippen LogP contribution in [0.5, 0.6) is 0 Å². The fraction of sp³-hybridized carbons (Fsp3) is 0.500. The number of thiazole rings is 1. The highest BCUT2D eigenvalue weighted by atomic mass is 32.2. The van der Waals surface area contributed by atoms with Crippen LogP contribution in [-0.4, -0.2) is 49.1 Å². The summed E-state index contributed by atoms with van der Waals surface area (Å²) in [6, 6.07) is 0. The summed E-state index contributed by atoms with van der Waals surface area (Å²) in [5.74, 6) is -0.851. The highest BCUT2D eigenvalue weighted by Crippen LogP contribution is 2.22. The lowest BCUT2D eigenvalue weighted by Gasteiger charge is -2.25. The zero-order valence-electron chi connectivity index (χ0n) is 8.29. The van der Waals surface area contributed by atoms with Crippen LogP contribution in [0.1, 0.15) is 10.5 Å². The Balaban J connectivity index is 2.11. The first-order valence-electron chi connectivity index (χ1n) is 4.62. The third-order valence-corrected chi connectivity index (χ3v) is 4.84. The highest BCUT2D eigenvalue weighted by molar-refractivity contribution is 7.91. The molecule has 0 spiro atoms. The summed E-state index contributed by atoms with van der Waals surface area (Å²) < 4.78 is 22.4. The maximum Gasteiger partial charge on any atom is 0.355 e. The quantitative estimate of drug-likeness (QED) is 0.812. The van der Waals surface area contributed by atoms with Crippen molar-refractivity contribution in [1.29, 1.82) is 0 Å². The predicted molar refractivity (Wildman–Crippen MR) is 59.9 cm³/mol. The van der Waals surface area contributed by atoms with Crippen molar-refractivity contribution < 1.29 is 18.3 Å². The number of carboxylic acid groups (broad SMARTS) is 1. The Kier molecular flexibility index (Phi) is 2.85. The molecular weight excluding hydrogens is 252 g/mol.